The molecule has 0 aliphatic heterocycles. The summed E-state index contributed by atoms with van der Waals surface area (Å²) in [4.78, 5) is 2.32. The Bertz CT molecular complexity index is 1640. The number of nitrogens with zero attached hydrogens (tertiary/aromatic N) is 1. The first kappa shape index (κ1) is 23.8. The van der Waals surface area contributed by atoms with E-state index in [-0.39, 0.29) is 0 Å². The molecule has 0 saturated heterocycles. The van der Waals surface area contributed by atoms with E-state index < -0.39 is 0 Å². The van der Waals surface area contributed by atoms with Gasteiger partial charge in [-0.2, -0.15) is 0 Å². The summed E-state index contributed by atoms with van der Waals surface area (Å²) in [6.07, 6.45) is 6.76. The van der Waals surface area contributed by atoms with Crippen molar-refractivity contribution in [1.29, 1.82) is 0 Å². The van der Waals surface area contributed by atoms with Crippen molar-refractivity contribution in [2.75, 3.05) is 4.90 Å². The van der Waals surface area contributed by atoms with Crippen LogP contribution in [0.3, 0.4) is 0 Å². The first-order chi connectivity index (χ1) is 18.8. The van der Waals surface area contributed by atoms with E-state index in [1.54, 1.807) is 0 Å². The van der Waals surface area contributed by atoms with Crippen LogP contribution in [0.2, 0.25) is 0 Å². The van der Waals surface area contributed by atoms with Crippen molar-refractivity contribution in [2.24, 2.45) is 0 Å². The van der Waals surface area contributed by atoms with Gasteiger partial charge >= 0.3 is 0 Å². The summed E-state index contributed by atoms with van der Waals surface area (Å²) in [6, 6.07) is 48.0. The highest BCUT2D eigenvalue weighted by Gasteiger charge is 2.12. The Kier molecular flexibility index (Phi) is 6.74. The van der Waals surface area contributed by atoms with Gasteiger partial charge in [0.15, 0.2) is 0 Å². The molecule has 0 atom stereocenters. The maximum absolute atomic E-state index is 2.32. The number of para-hydroxylation sites is 1. The van der Waals surface area contributed by atoms with Crippen LogP contribution in [0, 0.1) is 0 Å². The third kappa shape index (κ3) is 4.84. The van der Waals surface area contributed by atoms with Crippen LogP contribution in [0.4, 0.5) is 17.1 Å². The molecular weight excluding hydrogens is 458 g/mol. The zero-order valence-electron chi connectivity index (χ0n) is 21.7. The molecule has 0 bridgehead atoms. The maximum atomic E-state index is 2.32. The molecule has 0 unspecified atom stereocenters. The smallest absolute Gasteiger partial charge is 0.0462 e. The minimum atomic E-state index is 1.11. The molecular formula is C37H31N. The minimum Gasteiger partial charge on any atom is -0.311 e. The van der Waals surface area contributed by atoms with Gasteiger partial charge in [-0.05, 0) is 87.1 Å². The molecule has 0 N–H and O–H groups in total. The Labute approximate surface area is 225 Å². The standard InChI is InChI=1S/C37H31N/c1-2-10-28-17-22-33(23-18-28)38(32-13-4-3-5-14-32)34-24-19-29(20-25-34)21-26-37-35-15-8-6-11-30(35)27-31-12-7-9-16-36(31)37/h3-9,11-27H,2,10H2,1H3/b26-21+. The van der Waals surface area contributed by atoms with Crippen LogP contribution in [0.1, 0.15) is 30.0 Å². The fourth-order valence-electron chi connectivity index (χ4n) is 5.27. The van der Waals surface area contributed by atoms with E-state index in [1.165, 1.54) is 43.9 Å². The van der Waals surface area contributed by atoms with Gasteiger partial charge in [0.05, 0.1) is 0 Å². The van der Waals surface area contributed by atoms with Gasteiger partial charge in [-0.25, -0.2) is 0 Å². The summed E-state index contributed by atoms with van der Waals surface area (Å²) < 4.78 is 0. The molecule has 0 aliphatic carbocycles. The Balaban J connectivity index is 1.35. The molecule has 6 aromatic carbocycles. The van der Waals surface area contributed by atoms with Crippen molar-refractivity contribution in [1.82, 2.24) is 0 Å². The van der Waals surface area contributed by atoms with Crippen LogP contribution in [0.15, 0.2) is 133 Å². The lowest BCUT2D eigenvalue weighted by Crippen LogP contribution is -2.09. The molecule has 1 heteroatoms. The lowest BCUT2D eigenvalue weighted by molar-refractivity contribution is 0.922. The number of hydrogen-bond donors (Lipinski definition) is 0. The Morgan fingerprint density at radius 2 is 1.05 bits per heavy atom. The molecule has 184 valence electrons. The Morgan fingerprint density at radius 3 is 1.66 bits per heavy atom. The molecule has 0 radical (unpaired) electrons. The van der Waals surface area contributed by atoms with E-state index in [9.17, 15) is 0 Å². The van der Waals surface area contributed by atoms with Gasteiger partial charge in [-0.3, -0.25) is 0 Å². The molecule has 0 saturated carbocycles. The molecule has 0 spiro atoms. The summed E-state index contributed by atoms with van der Waals surface area (Å²) in [5, 5.41) is 5.09. The average Bonchev–Trinajstić information content (AvgIpc) is 2.98. The molecule has 1 nitrogen and oxygen atoms in total. The SMILES string of the molecule is CCCc1ccc(N(c2ccccc2)c2ccc(/C=C/c3c4ccccc4cc4ccccc34)cc2)cc1. The fraction of sp³-hybridized carbons (Fsp3) is 0.0811. The third-order valence-electron chi connectivity index (χ3n) is 7.15. The number of anilines is 3. The largest absolute Gasteiger partial charge is 0.311 e. The molecule has 0 heterocycles. The fourth-order valence-corrected chi connectivity index (χ4v) is 5.27. The zero-order chi connectivity index (χ0) is 25.7. The van der Waals surface area contributed by atoms with Gasteiger partial charge in [-0.1, -0.05) is 116 Å². The van der Waals surface area contributed by atoms with E-state index in [0.717, 1.165) is 24.2 Å². The normalized spacial score (nSPS) is 11.4. The van der Waals surface area contributed by atoms with E-state index in [1.807, 2.05) is 0 Å². The summed E-state index contributed by atoms with van der Waals surface area (Å²) >= 11 is 0. The van der Waals surface area contributed by atoms with E-state index in [0.29, 0.717) is 0 Å². The average molecular weight is 490 g/mol. The molecule has 6 rings (SSSR count). The second-order valence-corrected chi connectivity index (χ2v) is 9.74. The summed E-state index contributed by atoms with van der Waals surface area (Å²) in [7, 11) is 0. The Hall–Kier alpha value is -4.62. The van der Waals surface area contributed by atoms with Crippen LogP contribution in [-0.2, 0) is 6.42 Å². The second kappa shape index (κ2) is 10.8. The van der Waals surface area contributed by atoms with Gasteiger partial charge in [0.25, 0.3) is 0 Å². The van der Waals surface area contributed by atoms with Crippen LogP contribution < -0.4 is 4.90 Å². The minimum absolute atomic E-state index is 1.11. The molecule has 38 heavy (non-hydrogen) atoms. The molecule has 0 amide bonds. The highest BCUT2D eigenvalue weighted by molar-refractivity contribution is 6.07. The maximum Gasteiger partial charge on any atom is 0.0462 e. The van der Waals surface area contributed by atoms with Gasteiger partial charge in [0.1, 0.15) is 0 Å². The van der Waals surface area contributed by atoms with Crippen LogP contribution >= 0.6 is 0 Å². The monoisotopic (exact) mass is 489 g/mol. The number of fused-ring (bicyclic) bond motifs is 2. The van der Waals surface area contributed by atoms with Gasteiger partial charge in [0, 0.05) is 17.1 Å². The van der Waals surface area contributed by atoms with Crippen molar-refractivity contribution in [3.05, 3.63) is 150 Å². The first-order valence-corrected chi connectivity index (χ1v) is 13.4. The molecule has 0 aliphatic rings. The van der Waals surface area contributed by atoms with Crippen LogP contribution in [-0.4, -0.2) is 0 Å². The summed E-state index contributed by atoms with van der Waals surface area (Å²) in [5.74, 6) is 0. The molecule has 6 aromatic rings. The number of rotatable bonds is 7. The van der Waals surface area contributed by atoms with Crippen molar-refractivity contribution in [3.8, 4) is 0 Å². The highest BCUT2D eigenvalue weighted by atomic mass is 15.1. The topological polar surface area (TPSA) is 3.24 Å². The summed E-state index contributed by atoms with van der Waals surface area (Å²) in [5.41, 5.74) is 7.29. The number of benzene rings is 6. The van der Waals surface area contributed by atoms with E-state index in [4.69, 9.17) is 0 Å². The first-order valence-electron chi connectivity index (χ1n) is 13.4. The van der Waals surface area contributed by atoms with Gasteiger partial charge in [-0.15, -0.1) is 0 Å². The van der Waals surface area contributed by atoms with Crippen LogP contribution in [0.25, 0.3) is 33.7 Å². The molecule has 0 fully saturated rings. The third-order valence-corrected chi connectivity index (χ3v) is 7.15. The van der Waals surface area contributed by atoms with Crippen molar-refractivity contribution in [2.45, 2.75) is 19.8 Å². The highest BCUT2D eigenvalue weighted by Crippen LogP contribution is 2.35. The lowest BCUT2D eigenvalue weighted by atomic mass is 9.96. The predicted molar refractivity (Wildman–Crippen MR) is 166 cm³/mol. The Morgan fingerprint density at radius 1 is 0.526 bits per heavy atom. The zero-order valence-corrected chi connectivity index (χ0v) is 21.7. The van der Waals surface area contributed by atoms with Crippen LogP contribution in [0.5, 0.6) is 0 Å². The number of aryl methyl sites for hydroxylation is 1. The van der Waals surface area contributed by atoms with E-state index in [2.05, 4.69) is 157 Å². The van der Waals surface area contributed by atoms with Crippen molar-refractivity contribution < 1.29 is 0 Å². The molecule has 0 aromatic heterocycles. The van der Waals surface area contributed by atoms with E-state index >= 15 is 0 Å². The summed E-state index contributed by atoms with van der Waals surface area (Å²) in [6.45, 7) is 2.23. The second-order valence-electron chi connectivity index (χ2n) is 9.74. The van der Waals surface area contributed by atoms with Gasteiger partial charge < -0.3 is 4.90 Å². The lowest BCUT2D eigenvalue weighted by Gasteiger charge is -2.25. The van der Waals surface area contributed by atoms with Crippen molar-refractivity contribution in [3.63, 3.8) is 0 Å². The number of hydrogen-bond acceptors (Lipinski definition) is 1. The van der Waals surface area contributed by atoms with Crippen molar-refractivity contribution >= 4 is 50.8 Å². The predicted octanol–water partition coefficient (Wildman–Crippen LogP) is 10.6. The van der Waals surface area contributed by atoms with Gasteiger partial charge in [0.2, 0.25) is 0 Å². The quantitative estimate of drug-likeness (QED) is 0.159.